The second-order valence-electron chi connectivity index (χ2n) is 6.09. The number of rotatable bonds is 4. The van der Waals surface area contributed by atoms with Crippen LogP contribution in [-0.4, -0.2) is 10.9 Å². The Labute approximate surface area is 177 Å². The molecule has 0 bridgehead atoms. The minimum atomic E-state index is -0.737. The van der Waals surface area contributed by atoms with Crippen LogP contribution >= 0.6 is 33.9 Å². The SMILES string of the molecule is O=C(c1ccccc1I)N(Cc1ccccc1)c1nc2c(F)cc(F)cc2s1. The highest BCUT2D eigenvalue weighted by atomic mass is 127. The van der Waals surface area contributed by atoms with Crippen LogP contribution in [0.1, 0.15) is 15.9 Å². The van der Waals surface area contributed by atoms with Gasteiger partial charge in [-0.2, -0.15) is 0 Å². The molecule has 28 heavy (non-hydrogen) atoms. The Morgan fingerprint density at radius 3 is 2.50 bits per heavy atom. The summed E-state index contributed by atoms with van der Waals surface area (Å²) in [5, 5.41) is 0.327. The van der Waals surface area contributed by atoms with E-state index in [2.05, 4.69) is 27.6 Å². The van der Waals surface area contributed by atoms with Crippen molar-refractivity contribution in [1.82, 2.24) is 4.98 Å². The molecule has 0 saturated carbocycles. The molecule has 0 fully saturated rings. The van der Waals surface area contributed by atoms with Gasteiger partial charge in [-0.05, 0) is 46.4 Å². The molecular formula is C21H13F2IN2OS. The zero-order chi connectivity index (χ0) is 19.7. The molecule has 1 amide bonds. The van der Waals surface area contributed by atoms with Gasteiger partial charge in [0, 0.05) is 9.64 Å². The molecule has 0 atom stereocenters. The number of carbonyl (C=O) groups is 1. The summed E-state index contributed by atoms with van der Waals surface area (Å²) in [6, 6.07) is 18.8. The lowest BCUT2D eigenvalue weighted by molar-refractivity contribution is 0.0984. The lowest BCUT2D eigenvalue weighted by atomic mass is 10.1. The number of carbonyl (C=O) groups excluding carboxylic acids is 1. The summed E-state index contributed by atoms with van der Waals surface area (Å²) in [5.41, 5.74) is 1.51. The van der Waals surface area contributed by atoms with Crippen LogP contribution in [0.4, 0.5) is 13.9 Å². The molecule has 3 nitrogen and oxygen atoms in total. The molecule has 0 aliphatic heterocycles. The van der Waals surface area contributed by atoms with Gasteiger partial charge in [0.1, 0.15) is 11.3 Å². The predicted octanol–water partition coefficient (Wildman–Crippen LogP) is 6.03. The monoisotopic (exact) mass is 506 g/mol. The minimum absolute atomic E-state index is 0.0648. The van der Waals surface area contributed by atoms with Crippen LogP contribution in [0.5, 0.6) is 0 Å². The number of nitrogens with zero attached hydrogens (tertiary/aromatic N) is 2. The van der Waals surface area contributed by atoms with Crippen molar-refractivity contribution in [2.75, 3.05) is 4.90 Å². The molecule has 7 heteroatoms. The van der Waals surface area contributed by atoms with Crippen LogP contribution in [0.25, 0.3) is 10.2 Å². The fraction of sp³-hybridized carbons (Fsp3) is 0.0476. The highest BCUT2D eigenvalue weighted by molar-refractivity contribution is 14.1. The number of hydrogen-bond donors (Lipinski definition) is 0. The average Bonchev–Trinajstić information content (AvgIpc) is 3.11. The molecule has 1 aromatic heterocycles. The molecule has 0 aliphatic carbocycles. The molecule has 1 heterocycles. The smallest absolute Gasteiger partial charge is 0.261 e. The van der Waals surface area contributed by atoms with Crippen LogP contribution in [0.2, 0.25) is 0 Å². The van der Waals surface area contributed by atoms with Gasteiger partial charge in [0.25, 0.3) is 5.91 Å². The average molecular weight is 506 g/mol. The highest BCUT2D eigenvalue weighted by Gasteiger charge is 2.24. The molecule has 0 saturated heterocycles. The van der Waals surface area contributed by atoms with Crippen LogP contribution in [0, 0.1) is 15.2 Å². The summed E-state index contributed by atoms with van der Waals surface area (Å²) in [6.45, 7) is 0.272. The number of benzene rings is 3. The first-order chi connectivity index (χ1) is 13.5. The summed E-state index contributed by atoms with van der Waals surface area (Å²) in [4.78, 5) is 19.1. The van der Waals surface area contributed by atoms with Crippen molar-refractivity contribution >= 4 is 55.2 Å². The number of halogens is 3. The van der Waals surface area contributed by atoms with Gasteiger partial charge in [0.2, 0.25) is 0 Å². The first-order valence-corrected chi connectivity index (χ1v) is 10.3. The third-order valence-corrected chi connectivity index (χ3v) is 6.13. The van der Waals surface area contributed by atoms with Gasteiger partial charge in [-0.15, -0.1) is 0 Å². The zero-order valence-electron chi connectivity index (χ0n) is 14.4. The van der Waals surface area contributed by atoms with Crippen molar-refractivity contribution in [3.8, 4) is 0 Å². The van der Waals surface area contributed by atoms with Crippen LogP contribution in [0.3, 0.4) is 0 Å². The van der Waals surface area contributed by atoms with Crippen molar-refractivity contribution in [3.05, 3.63) is 93.1 Å². The quantitative estimate of drug-likeness (QED) is 0.317. The normalized spacial score (nSPS) is 11.0. The number of amides is 1. The first kappa shape index (κ1) is 18.9. The van der Waals surface area contributed by atoms with Crippen molar-refractivity contribution in [2.45, 2.75) is 6.54 Å². The van der Waals surface area contributed by atoms with Crippen molar-refractivity contribution < 1.29 is 13.6 Å². The van der Waals surface area contributed by atoms with Gasteiger partial charge in [-0.3, -0.25) is 9.69 Å². The molecule has 4 aromatic rings. The summed E-state index contributed by atoms with van der Waals surface area (Å²) >= 11 is 3.20. The van der Waals surface area contributed by atoms with Gasteiger partial charge in [-0.1, -0.05) is 53.8 Å². The van der Waals surface area contributed by atoms with Crippen molar-refractivity contribution in [1.29, 1.82) is 0 Å². The lowest BCUT2D eigenvalue weighted by Gasteiger charge is -2.20. The molecule has 0 spiro atoms. The number of hydrogen-bond acceptors (Lipinski definition) is 3. The standard InChI is InChI=1S/C21H13F2IN2OS/c22-14-10-16(23)19-18(11-14)28-21(25-19)26(12-13-6-2-1-3-7-13)20(27)15-8-4-5-9-17(15)24/h1-11H,12H2. The Morgan fingerprint density at radius 2 is 1.75 bits per heavy atom. The van der Waals surface area contributed by atoms with E-state index in [1.54, 1.807) is 12.1 Å². The highest BCUT2D eigenvalue weighted by Crippen LogP contribution is 2.33. The number of aromatic nitrogens is 1. The van der Waals surface area contributed by atoms with E-state index in [-0.39, 0.29) is 18.0 Å². The van der Waals surface area contributed by atoms with E-state index in [1.807, 2.05) is 42.5 Å². The maximum absolute atomic E-state index is 14.1. The van der Waals surface area contributed by atoms with Gasteiger partial charge in [0.15, 0.2) is 10.9 Å². The molecule has 0 aliphatic rings. The zero-order valence-corrected chi connectivity index (χ0v) is 17.4. The summed E-state index contributed by atoms with van der Waals surface area (Å²) in [7, 11) is 0. The maximum Gasteiger partial charge on any atom is 0.261 e. The maximum atomic E-state index is 14.1. The van der Waals surface area contributed by atoms with E-state index < -0.39 is 11.6 Å². The predicted molar refractivity (Wildman–Crippen MR) is 116 cm³/mol. The number of thiazole rings is 1. The molecule has 0 unspecified atom stereocenters. The van der Waals surface area contributed by atoms with Gasteiger partial charge >= 0.3 is 0 Å². The minimum Gasteiger partial charge on any atom is -0.279 e. The van der Waals surface area contributed by atoms with Crippen LogP contribution < -0.4 is 4.90 Å². The Balaban J connectivity index is 1.82. The van der Waals surface area contributed by atoms with E-state index in [4.69, 9.17) is 0 Å². The molecule has 0 N–H and O–H groups in total. The largest absolute Gasteiger partial charge is 0.279 e. The van der Waals surface area contributed by atoms with Crippen LogP contribution in [0.15, 0.2) is 66.7 Å². The fourth-order valence-electron chi connectivity index (χ4n) is 2.83. The van der Waals surface area contributed by atoms with E-state index in [0.29, 0.717) is 15.4 Å². The summed E-state index contributed by atoms with van der Waals surface area (Å²) < 4.78 is 28.9. The van der Waals surface area contributed by atoms with E-state index in [0.717, 1.165) is 26.5 Å². The third kappa shape index (κ3) is 3.77. The Kier molecular flexibility index (Phi) is 5.36. The second kappa shape index (κ2) is 7.92. The van der Waals surface area contributed by atoms with Crippen LogP contribution in [-0.2, 0) is 6.54 Å². The topological polar surface area (TPSA) is 33.2 Å². The second-order valence-corrected chi connectivity index (χ2v) is 8.26. The van der Waals surface area contributed by atoms with Crippen molar-refractivity contribution in [3.63, 3.8) is 0 Å². The van der Waals surface area contributed by atoms with E-state index in [1.165, 1.54) is 11.0 Å². The van der Waals surface area contributed by atoms with Gasteiger partial charge in [0.05, 0.1) is 16.8 Å². The fourth-order valence-corrected chi connectivity index (χ4v) is 4.45. The molecule has 3 aromatic carbocycles. The number of anilines is 1. The van der Waals surface area contributed by atoms with Gasteiger partial charge < -0.3 is 0 Å². The lowest BCUT2D eigenvalue weighted by Crippen LogP contribution is -2.30. The third-order valence-electron chi connectivity index (χ3n) is 4.17. The molecular weight excluding hydrogens is 493 g/mol. The van der Waals surface area contributed by atoms with Gasteiger partial charge in [-0.25, -0.2) is 13.8 Å². The Bertz CT molecular complexity index is 1160. The Hall–Kier alpha value is -2.39. The summed E-state index contributed by atoms with van der Waals surface area (Å²) in [5.74, 6) is -1.65. The molecule has 4 rings (SSSR count). The molecule has 0 radical (unpaired) electrons. The number of fused-ring (bicyclic) bond motifs is 1. The van der Waals surface area contributed by atoms with Crippen molar-refractivity contribution in [2.24, 2.45) is 0 Å². The van der Waals surface area contributed by atoms with E-state index >= 15 is 0 Å². The molecule has 140 valence electrons. The Morgan fingerprint density at radius 1 is 1.04 bits per heavy atom. The summed E-state index contributed by atoms with van der Waals surface area (Å²) in [6.07, 6.45) is 0. The van der Waals surface area contributed by atoms with E-state index in [9.17, 15) is 13.6 Å². The first-order valence-electron chi connectivity index (χ1n) is 8.39.